The van der Waals surface area contributed by atoms with Crippen molar-refractivity contribution in [2.24, 2.45) is 0 Å². The lowest BCUT2D eigenvalue weighted by Crippen LogP contribution is -2.27. The van der Waals surface area contributed by atoms with Gasteiger partial charge in [0.05, 0.1) is 17.9 Å². The van der Waals surface area contributed by atoms with Gasteiger partial charge in [0.1, 0.15) is 5.75 Å². The Morgan fingerprint density at radius 1 is 0.970 bits per heavy atom. The molecule has 2 aromatic carbocycles. The first-order chi connectivity index (χ1) is 15.9. The fourth-order valence-corrected chi connectivity index (χ4v) is 4.96. The standard InChI is InChI=1S/C25H31NO6S/c1-2-31-22-12-14-23(15-13-22)33(29,30)26-17-16-25(28)32-18-24(27)21-10-8-20(9-11-21)19-6-4-3-5-7-19/h8-15,19,26H,2-7,16-18H2,1H3. The fourth-order valence-electron chi connectivity index (χ4n) is 3.93. The monoisotopic (exact) mass is 473 g/mol. The number of carbonyl (C=O) groups excluding carboxylic acids is 2. The summed E-state index contributed by atoms with van der Waals surface area (Å²) in [7, 11) is -3.76. The van der Waals surface area contributed by atoms with Crippen molar-refractivity contribution < 1.29 is 27.5 Å². The second-order valence-corrected chi connectivity index (χ2v) is 9.86. The van der Waals surface area contributed by atoms with Crippen molar-refractivity contribution in [2.45, 2.75) is 56.3 Å². The Balaban J connectivity index is 1.41. The van der Waals surface area contributed by atoms with Crippen LogP contribution >= 0.6 is 0 Å². The summed E-state index contributed by atoms with van der Waals surface area (Å²) in [6.45, 7) is 1.83. The zero-order valence-corrected chi connectivity index (χ0v) is 19.7. The minimum Gasteiger partial charge on any atom is -0.494 e. The van der Waals surface area contributed by atoms with Crippen LogP contribution in [0, 0.1) is 0 Å². The molecule has 3 rings (SSSR count). The van der Waals surface area contributed by atoms with Crippen molar-refractivity contribution in [3.8, 4) is 5.75 Å². The molecule has 1 fully saturated rings. The SMILES string of the molecule is CCOc1ccc(S(=O)(=O)NCCC(=O)OCC(=O)c2ccc(C3CCCCC3)cc2)cc1. The van der Waals surface area contributed by atoms with Gasteiger partial charge in [-0.05, 0) is 55.5 Å². The summed E-state index contributed by atoms with van der Waals surface area (Å²) in [6, 6.07) is 13.5. The summed E-state index contributed by atoms with van der Waals surface area (Å²) >= 11 is 0. The molecule has 1 N–H and O–H groups in total. The summed E-state index contributed by atoms with van der Waals surface area (Å²) in [5.41, 5.74) is 1.75. The molecule has 0 unspecified atom stereocenters. The Kier molecular flexibility index (Phi) is 9.03. The van der Waals surface area contributed by atoms with Crippen molar-refractivity contribution in [3.63, 3.8) is 0 Å². The molecule has 0 aromatic heterocycles. The van der Waals surface area contributed by atoms with Crippen molar-refractivity contribution in [1.29, 1.82) is 0 Å². The smallest absolute Gasteiger partial charge is 0.307 e. The first-order valence-corrected chi connectivity index (χ1v) is 12.9. The number of benzene rings is 2. The van der Waals surface area contributed by atoms with Gasteiger partial charge < -0.3 is 9.47 Å². The van der Waals surface area contributed by atoms with Gasteiger partial charge in [-0.15, -0.1) is 0 Å². The van der Waals surface area contributed by atoms with Crippen LogP contribution < -0.4 is 9.46 Å². The van der Waals surface area contributed by atoms with Gasteiger partial charge in [0.15, 0.2) is 12.4 Å². The van der Waals surface area contributed by atoms with E-state index < -0.39 is 16.0 Å². The predicted molar refractivity (Wildman–Crippen MR) is 125 cm³/mol. The highest BCUT2D eigenvalue weighted by Gasteiger charge is 2.17. The van der Waals surface area contributed by atoms with Crippen molar-refractivity contribution in [3.05, 3.63) is 59.7 Å². The van der Waals surface area contributed by atoms with Crippen LogP contribution in [-0.4, -0.2) is 39.9 Å². The summed E-state index contributed by atoms with van der Waals surface area (Å²) in [6.07, 6.45) is 5.99. The van der Waals surface area contributed by atoms with E-state index in [1.165, 1.54) is 49.8 Å². The van der Waals surface area contributed by atoms with E-state index in [4.69, 9.17) is 9.47 Å². The third kappa shape index (κ3) is 7.40. The Labute approximate surface area is 195 Å². The lowest BCUT2D eigenvalue weighted by molar-refractivity contribution is -0.142. The largest absolute Gasteiger partial charge is 0.494 e. The number of nitrogens with one attached hydrogen (secondary N) is 1. The molecule has 0 amide bonds. The third-order valence-electron chi connectivity index (χ3n) is 5.74. The molecule has 7 nitrogen and oxygen atoms in total. The Morgan fingerprint density at radius 3 is 2.27 bits per heavy atom. The van der Waals surface area contributed by atoms with Gasteiger partial charge in [-0.1, -0.05) is 43.5 Å². The Hall–Kier alpha value is -2.71. The number of Topliss-reactive ketones (excluding diaryl/α,β-unsaturated/α-hetero) is 1. The number of ether oxygens (including phenoxy) is 2. The van der Waals surface area contributed by atoms with Crippen LogP contribution in [0.25, 0.3) is 0 Å². The van der Waals surface area contributed by atoms with E-state index >= 15 is 0 Å². The zero-order chi connectivity index (χ0) is 23.7. The van der Waals surface area contributed by atoms with Crippen LogP contribution in [0.5, 0.6) is 5.75 Å². The molecule has 0 aliphatic heterocycles. The molecule has 0 radical (unpaired) electrons. The van der Waals surface area contributed by atoms with Gasteiger partial charge in [0, 0.05) is 12.1 Å². The van der Waals surface area contributed by atoms with Gasteiger partial charge in [0.2, 0.25) is 10.0 Å². The quantitative estimate of drug-likeness (QED) is 0.387. The first kappa shape index (κ1) is 24.9. The number of sulfonamides is 1. The lowest BCUT2D eigenvalue weighted by Gasteiger charge is -2.22. The van der Waals surface area contributed by atoms with Gasteiger partial charge >= 0.3 is 5.97 Å². The Morgan fingerprint density at radius 2 is 1.64 bits per heavy atom. The second kappa shape index (κ2) is 12.0. The first-order valence-electron chi connectivity index (χ1n) is 11.4. The summed E-state index contributed by atoms with van der Waals surface area (Å²) in [5.74, 6) is 0.213. The number of rotatable bonds is 11. The molecule has 0 heterocycles. The molecular weight excluding hydrogens is 442 g/mol. The van der Waals surface area contributed by atoms with Gasteiger partial charge in [-0.2, -0.15) is 0 Å². The maximum atomic E-state index is 12.3. The molecule has 33 heavy (non-hydrogen) atoms. The normalized spacial score (nSPS) is 14.6. The summed E-state index contributed by atoms with van der Waals surface area (Å²) in [4.78, 5) is 24.4. The highest BCUT2D eigenvalue weighted by atomic mass is 32.2. The molecule has 1 aliphatic rings. The molecule has 8 heteroatoms. The average Bonchev–Trinajstić information content (AvgIpc) is 2.83. The molecule has 1 saturated carbocycles. The van der Waals surface area contributed by atoms with Gasteiger partial charge in [0.25, 0.3) is 0 Å². The summed E-state index contributed by atoms with van der Waals surface area (Å²) < 4.78 is 37.3. The predicted octanol–water partition coefficient (Wildman–Crippen LogP) is 4.23. The van der Waals surface area contributed by atoms with Crippen molar-refractivity contribution >= 4 is 21.8 Å². The molecular formula is C25H31NO6S. The van der Waals surface area contributed by atoms with Crippen LogP contribution in [0.3, 0.4) is 0 Å². The molecule has 2 aromatic rings. The lowest BCUT2D eigenvalue weighted by atomic mass is 9.84. The third-order valence-corrected chi connectivity index (χ3v) is 7.22. The number of ketones is 1. The molecule has 1 aliphatic carbocycles. The number of hydrogen-bond donors (Lipinski definition) is 1. The maximum Gasteiger partial charge on any atom is 0.307 e. The van der Waals surface area contributed by atoms with E-state index in [2.05, 4.69) is 4.72 Å². The number of hydrogen-bond acceptors (Lipinski definition) is 6. The van der Waals surface area contributed by atoms with Crippen LogP contribution in [0.4, 0.5) is 0 Å². The molecule has 0 spiro atoms. The second-order valence-electron chi connectivity index (χ2n) is 8.09. The molecule has 178 valence electrons. The van der Waals surface area contributed by atoms with Crippen LogP contribution in [0.1, 0.15) is 67.3 Å². The topological polar surface area (TPSA) is 98.8 Å². The van der Waals surface area contributed by atoms with Crippen LogP contribution in [-0.2, 0) is 19.6 Å². The Bertz CT molecular complexity index is 1030. The van der Waals surface area contributed by atoms with Gasteiger partial charge in [-0.3, -0.25) is 9.59 Å². The molecule has 0 bridgehead atoms. The minimum absolute atomic E-state index is 0.0752. The average molecular weight is 474 g/mol. The summed E-state index contributed by atoms with van der Waals surface area (Å²) in [5, 5.41) is 0. The maximum absolute atomic E-state index is 12.3. The minimum atomic E-state index is -3.76. The highest BCUT2D eigenvalue weighted by molar-refractivity contribution is 7.89. The van der Waals surface area contributed by atoms with Crippen LogP contribution in [0.15, 0.2) is 53.4 Å². The van der Waals surface area contributed by atoms with Crippen molar-refractivity contribution in [2.75, 3.05) is 19.8 Å². The van der Waals surface area contributed by atoms with E-state index in [-0.39, 0.29) is 30.3 Å². The fraction of sp³-hybridized carbons (Fsp3) is 0.440. The van der Waals surface area contributed by atoms with Gasteiger partial charge in [-0.25, -0.2) is 13.1 Å². The van der Waals surface area contributed by atoms with E-state index in [0.29, 0.717) is 23.8 Å². The zero-order valence-electron chi connectivity index (χ0n) is 18.9. The van der Waals surface area contributed by atoms with E-state index in [9.17, 15) is 18.0 Å². The van der Waals surface area contributed by atoms with Crippen LogP contribution in [0.2, 0.25) is 0 Å². The number of carbonyl (C=O) groups is 2. The van der Waals surface area contributed by atoms with E-state index in [0.717, 1.165) is 0 Å². The molecule has 0 atom stereocenters. The van der Waals surface area contributed by atoms with E-state index in [1.54, 1.807) is 24.3 Å². The molecule has 0 saturated heterocycles. The van der Waals surface area contributed by atoms with E-state index in [1.807, 2.05) is 19.1 Å². The van der Waals surface area contributed by atoms with Crippen molar-refractivity contribution in [1.82, 2.24) is 4.72 Å². The highest BCUT2D eigenvalue weighted by Crippen LogP contribution is 2.32. The number of esters is 1.